The number of ether oxygens (including phenoxy) is 2. The zero-order valence-electron chi connectivity index (χ0n) is 14.6. The maximum Gasteiger partial charge on any atom is 0.341 e. The van der Waals surface area contributed by atoms with Crippen LogP contribution in [-0.4, -0.2) is 58.9 Å². The van der Waals surface area contributed by atoms with Crippen LogP contribution in [0.4, 0.5) is 0 Å². The zero-order chi connectivity index (χ0) is 18.2. The smallest absolute Gasteiger partial charge is 0.341 e. The number of nitrogens with zero attached hydrogens (tertiary/aromatic N) is 3. The molecule has 7 nitrogen and oxygen atoms in total. The van der Waals surface area contributed by atoms with Crippen LogP contribution in [0.25, 0.3) is 0 Å². The van der Waals surface area contributed by atoms with Crippen molar-refractivity contribution in [3.05, 3.63) is 54.1 Å². The van der Waals surface area contributed by atoms with Crippen LogP contribution in [0, 0.1) is 5.92 Å². The van der Waals surface area contributed by atoms with Crippen molar-refractivity contribution >= 4 is 5.97 Å². The van der Waals surface area contributed by atoms with Gasteiger partial charge in [0.25, 0.3) is 0 Å². The van der Waals surface area contributed by atoms with Gasteiger partial charge in [0.05, 0.1) is 13.2 Å². The van der Waals surface area contributed by atoms with Crippen LogP contribution in [0.15, 0.2) is 42.9 Å². The van der Waals surface area contributed by atoms with E-state index in [1.54, 1.807) is 12.5 Å². The van der Waals surface area contributed by atoms with Gasteiger partial charge in [-0.15, -0.1) is 0 Å². The van der Waals surface area contributed by atoms with E-state index >= 15 is 0 Å². The second-order valence-corrected chi connectivity index (χ2v) is 6.41. The first-order valence-electron chi connectivity index (χ1n) is 8.67. The number of aliphatic carboxylic acids is 1. The summed E-state index contributed by atoms with van der Waals surface area (Å²) >= 11 is 0. The van der Waals surface area contributed by atoms with E-state index in [0.29, 0.717) is 11.7 Å². The van der Waals surface area contributed by atoms with Crippen molar-refractivity contribution in [2.24, 2.45) is 5.92 Å². The van der Waals surface area contributed by atoms with Crippen molar-refractivity contribution in [2.45, 2.75) is 13.0 Å². The summed E-state index contributed by atoms with van der Waals surface area (Å²) in [6.07, 6.45) is 4.23. The summed E-state index contributed by atoms with van der Waals surface area (Å²) < 4.78 is 10.9. The highest BCUT2D eigenvalue weighted by Gasteiger charge is 2.19. The fourth-order valence-corrected chi connectivity index (χ4v) is 3.05. The molecule has 2 heterocycles. The molecule has 0 amide bonds. The largest absolute Gasteiger partial charge is 0.482 e. The van der Waals surface area contributed by atoms with Gasteiger partial charge in [0.2, 0.25) is 0 Å². The van der Waals surface area contributed by atoms with Crippen molar-refractivity contribution in [3.8, 4) is 5.75 Å². The van der Waals surface area contributed by atoms with Gasteiger partial charge in [0.1, 0.15) is 12.1 Å². The van der Waals surface area contributed by atoms with Gasteiger partial charge in [0, 0.05) is 37.4 Å². The fraction of sp³-hybridized carbons (Fsp3) is 0.421. The molecule has 1 N–H and O–H groups in total. The predicted molar refractivity (Wildman–Crippen MR) is 94.9 cm³/mol. The highest BCUT2D eigenvalue weighted by Crippen LogP contribution is 2.17. The lowest BCUT2D eigenvalue weighted by atomic mass is 10.0. The summed E-state index contributed by atoms with van der Waals surface area (Å²) in [7, 11) is 0. The molecular weight excluding hydrogens is 334 g/mol. The van der Waals surface area contributed by atoms with Crippen LogP contribution in [0.3, 0.4) is 0 Å². The van der Waals surface area contributed by atoms with Gasteiger partial charge in [-0.1, -0.05) is 12.1 Å². The Bertz CT molecular complexity index is 694. The third-order valence-corrected chi connectivity index (χ3v) is 4.25. The second-order valence-electron chi connectivity index (χ2n) is 6.41. The van der Waals surface area contributed by atoms with E-state index < -0.39 is 5.97 Å². The molecule has 26 heavy (non-hydrogen) atoms. The van der Waals surface area contributed by atoms with E-state index in [2.05, 4.69) is 14.9 Å². The standard InChI is InChI=1S/C19H23N3O4/c23-19(24)13-26-18-3-1-15(2-4-18)10-22-7-8-25-12-16(11-22)9-17-5-6-20-14-21-17/h1-6,14,16H,7-13H2,(H,23,24). The normalized spacial score (nSPS) is 18.2. The Labute approximate surface area is 152 Å². The van der Waals surface area contributed by atoms with Crippen molar-refractivity contribution in [1.29, 1.82) is 0 Å². The third kappa shape index (κ3) is 5.79. The van der Waals surface area contributed by atoms with Crippen LogP contribution in [0.1, 0.15) is 11.3 Å². The molecule has 0 spiro atoms. The molecule has 3 rings (SSSR count). The van der Waals surface area contributed by atoms with E-state index in [0.717, 1.165) is 50.5 Å². The second kappa shape index (κ2) is 9.26. The van der Waals surface area contributed by atoms with Crippen molar-refractivity contribution in [1.82, 2.24) is 14.9 Å². The van der Waals surface area contributed by atoms with Crippen LogP contribution in [-0.2, 0) is 22.5 Å². The summed E-state index contributed by atoms with van der Waals surface area (Å²) in [4.78, 5) is 21.2. The monoisotopic (exact) mass is 357 g/mol. The molecule has 1 unspecified atom stereocenters. The highest BCUT2D eigenvalue weighted by atomic mass is 16.5. The lowest BCUT2D eigenvalue weighted by Crippen LogP contribution is -2.30. The van der Waals surface area contributed by atoms with Gasteiger partial charge in [0.15, 0.2) is 6.61 Å². The van der Waals surface area contributed by atoms with E-state index in [-0.39, 0.29) is 6.61 Å². The lowest BCUT2D eigenvalue weighted by Gasteiger charge is -2.23. The number of benzene rings is 1. The van der Waals surface area contributed by atoms with Gasteiger partial charge in [-0.2, -0.15) is 0 Å². The molecule has 1 aliphatic rings. The van der Waals surface area contributed by atoms with Crippen molar-refractivity contribution < 1.29 is 19.4 Å². The lowest BCUT2D eigenvalue weighted by molar-refractivity contribution is -0.139. The van der Waals surface area contributed by atoms with E-state index in [1.807, 2.05) is 30.3 Å². The quantitative estimate of drug-likeness (QED) is 0.806. The fourth-order valence-electron chi connectivity index (χ4n) is 3.05. The van der Waals surface area contributed by atoms with Gasteiger partial charge >= 0.3 is 5.97 Å². The van der Waals surface area contributed by atoms with Crippen molar-refractivity contribution in [3.63, 3.8) is 0 Å². The number of hydrogen-bond acceptors (Lipinski definition) is 6. The van der Waals surface area contributed by atoms with Crippen molar-refractivity contribution in [2.75, 3.05) is 32.9 Å². The summed E-state index contributed by atoms with van der Waals surface area (Å²) in [5, 5.41) is 8.65. The Morgan fingerprint density at radius 2 is 2.15 bits per heavy atom. The molecule has 1 aromatic heterocycles. The molecule has 138 valence electrons. The molecule has 2 aromatic rings. The first-order valence-corrected chi connectivity index (χ1v) is 8.67. The molecule has 1 fully saturated rings. The molecular formula is C19H23N3O4. The average molecular weight is 357 g/mol. The molecule has 0 radical (unpaired) electrons. The molecule has 0 saturated carbocycles. The SMILES string of the molecule is O=C(O)COc1ccc(CN2CCOCC(Cc3ccncn3)C2)cc1. The minimum atomic E-state index is -0.978. The molecule has 0 bridgehead atoms. The first kappa shape index (κ1) is 18.3. The maximum atomic E-state index is 10.5. The van der Waals surface area contributed by atoms with Gasteiger partial charge in [-0.25, -0.2) is 14.8 Å². The van der Waals surface area contributed by atoms with Gasteiger partial charge in [-0.3, -0.25) is 4.90 Å². The average Bonchev–Trinajstić information content (AvgIpc) is 2.87. The zero-order valence-corrected chi connectivity index (χ0v) is 14.6. The first-order chi connectivity index (χ1) is 12.7. The molecule has 1 atom stereocenters. The minimum Gasteiger partial charge on any atom is -0.482 e. The number of carboxylic acid groups (broad SMARTS) is 1. The number of hydrogen-bond donors (Lipinski definition) is 1. The molecule has 1 aromatic carbocycles. The number of aromatic nitrogens is 2. The number of carboxylic acids is 1. The topological polar surface area (TPSA) is 84.8 Å². The maximum absolute atomic E-state index is 10.5. The van der Waals surface area contributed by atoms with Crippen LogP contribution >= 0.6 is 0 Å². The Kier molecular flexibility index (Phi) is 6.51. The predicted octanol–water partition coefficient (Wildman–Crippen LogP) is 1.63. The molecule has 1 aliphatic heterocycles. The Balaban J connectivity index is 1.55. The summed E-state index contributed by atoms with van der Waals surface area (Å²) in [5.41, 5.74) is 2.20. The van der Waals surface area contributed by atoms with Crippen LogP contribution in [0.5, 0.6) is 5.75 Å². The number of rotatable bonds is 7. The molecule has 0 aliphatic carbocycles. The highest BCUT2D eigenvalue weighted by molar-refractivity contribution is 5.68. The molecule has 7 heteroatoms. The van der Waals surface area contributed by atoms with Crippen LogP contribution < -0.4 is 4.74 Å². The summed E-state index contributed by atoms with van der Waals surface area (Å²) in [6.45, 7) is 3.79. The van der Waals surface area contributed by atoms with E-state index in [1.165, 1.54) is 0 Å². The third-order valence-electron chi connectivity index (χ3n) is 4.25. The van der Waals surface area contributed by atoms with E-state index in [4.69, 9.17) is 14.6 Å². The number of carbonyl (C=O) groups is 1. The van der Waals surface area contributed by atoms with E-state index in [9.17, 15) is 4.79 Å². The van der Waals surface area contributed by atoms with Crippen LogP contribution in [0.2, 0.25) is 0 Å². The van der Waals surface area contributed by atoms with Gasteiger partial charge in [-0.05, 0) is 30.2 Å². The Morgan fingerprint density at radius 1 is 1.31 bits per heavy atom. The minimum absolute atomic E-state index is 0.326. The molecule has 1 saturated heterocycles. The Hall–Kier alpha value is -2.51. The van der Waals surface area contributed by atoms with Gasteiger partial charge < -0.3 is 14.6 Å². The Morgan fingerprint density at radius 3 is 2.88 bits per heavy atom. The summed E-state index contributed by atoms with van der Waals surface area (Å²) in [5.74, 6) is -0.0177. The summed E-state index contributed by atoms with van der Waals surface area (Å²) in [6, 6.07) is 9.52.